The fourth-order valence-corrected chi connectivity index (χ4v) is 4.94. The van der Waals surface area contributed by atoms with Crippen LogP contribution in [0.1, 0.15) is 41.5 Å². The maximum absolute atomic E-state index is 12.5. The van der Waals surface area contributed by atoms with Gasteiger partial charge in [0.05, 0.1) is 12.2 Å². The molecule has 0 fully saturated rings. The summed E-state index contributed by atoms with van der Waals surface area (Å²) in [5.41, 5.74) is 4.40. The van der Waals surface area contributed by atoms with Gasteiger partial charge in [0, 0.05) is 30.6 Å². The molecule has 7 heteroatoms. The molecule has 2 aromatic rings. The molecule has 0 saturated carbocycles. The molecule has 0 saturated heterocycles. The summed E-state index contributed by atoms with van der Waals surface area (Å²) in [5.74, 6) is -0.0704. The third-order valence-corrected chi connectivity index (χ3v) is 6.19. The summed E-state index contributed by atoms with van der Waals surface area (Å²) in [6, 6.07) is 5.96. The van der Waals surface area contributed by atoms with E-state index in [1.807, 2.05) is 12.1 Å². The number of nitrogens with one attached hydrogen (secondary N) is 2. The molecule has 0 atom stereocenters. The van der Waals surface area contributed by atoms with E-state index in [-0.39, 0.29) is 11.8 Å². The fraction of sp³-hybridized carbons (Fsp3) is 0.450. The van der Waals surface area contributed by atoms with Crippen molar-refractivity contribution in [1.82, 2.24) is 9.88 Å². The molecular weight excluding hydrogens is 360 g/mol. The lowest BCUT2D eigenvalue weighted by Crippen LogP contribution is -2.37. The van der Waals surface area contributed by atoms with Crippen LogP contribution in [0.4, 0.5) is 10.8 Å². The van der Waals surface area contributed by atoms with Gasteiger partial charge in [0.1, 0.15) is 0 Å². The van der Waals surface area contributed by atoms with Crippen LogP contribution in [0.3, 0.4) is 0 Å². The molecule has 1 aliphatic carbocycles. The highest BCUT2D eigenvalue weighted by Crippen LogP contribution is 2.30. The highest BCUT2D eigenvalue weighted by atomic mass is 32.1. The van der Waals surface area contributed by atoms with E-state index in [0.717, 1.165) is 36.6 Å². The molecule has 27 heavy (non-hydrogen) atoms. The van der Waals surface area contributed by atoms with E-state index in [1.165, 1.54) is 41.5 Å². The van der Waals surface area contributed by atoms with Gasteiger partial charge in [-0.25, -0.2) is 4.98 Å². The van der Waals surface area contributed by atoms with Gasteiger partial charge in [-0.3, -0.25) is 14.5 Å². The zero-order chi connectivity index (χ0) is 18.8. The second-order valence-electron chi connectivity index (χ2n) is 7.23. The Morgan fingerprint density at radius 2 is 2.04 bits per heavy atom. The predicted octanol–water partition coefficient (Wildman–Crippen LogP) is 2.98. The van der Waals surface area contributed by atoms with E-state index in [4.69, 9.17) is 0 Å². The van der Waals surface area contributed by atoms with Crippen molar-refractivity contribution in [2.24, 2.45) is 0 Å². The van der Waals surface area contributed by atoms with Crippen molar-refractivity contribution < 1.29 is 9.59 Å². The number of carbonyl (C=O) groups excluding carboxylic acids is 2. The molecule has 1 aliphatic heterocycles. The van der Waals surface area contributed by atoms with Gasteiger partial charge in [-0.1, -0.05) is 12.1 Å². The van der Waals surface area contributed by atoms with Crippen LogP contribution < -0.4 is 10.6 Å². The van der Waals surface area contributed by atoms with Gasteiger partial charge in [0.2, 0.25) is 11.8 Å². The van der Waals surface area contributed by atoms with E-state index < -0.39 is 0 Å². The average Bonchev–Trinajstić information content (AvgIpc) is 3.03. The maximum atomic E-state index is 12.5. The summed E-state index contributed by atoms with van der Waals surface area (Å²) >= 11 is 1.62. The molecule has 2 heterocycles. The molecule has 2 amide bonds. The van der Waals surface area contributed by atoms with Crippen molar-refractivity contribution in [2.75, 3.05) is 23.7 Å². The largest absolute Gasteiger partial charge is 0.326 e. The Bertz CT molecular complexity index is 853. The summed E-state index contributed by atoms with van der Waals surface area (Å²) in [6.07, 6.45) is 5.35. The number of thiazole rings is 1. The molecule has 6 nitrogen and oxygen atoms in total. The Hall–Kier alpha value is -2.25. The zero-order valence-corrected chi connectivity index (χ0v) is 16.3. The lowest BCUT2D eigenvalue weighted by molar-refractivity contribution is -0.117. The number of aryl methyl sites for hydroxylation is 2. The first-order chi connectivity index (χ1) is 13.1. The minimum Gasteiger partial charge on any atom is -0.326 e. The van der Waals surface area contributed by atoms with Crippen LogP contribution in [0.15, 0.2) is 18.2 Å². The van der Waals surface area contributed by atoms with Crippen molar-refractivity contribution in [1.29, 1.82) is 0 Å². The van der Waals surface area contributed by atoms with Crippen LogP contribution in [-0.2, 0) is 35.4 Å². The molecule has 2 aliphatic rings. The van der Waals surface area contributed by atoms with Gasteiger partial charge in [-0.05, 0) is 49.3 Å². The number of anilines is 2. The SMILES string of the molecule is CC(=O)Nc1cccc2c1CCN(CC(=O)Nc1nc3c(s1)CCCC3)C2. The first-order valence-electron chi connectivity index (χ1n) is 9.47. The third-order valence-electron chi connectivity index (χ3n) is 5.11. The summed E-state index contributed by atoms with van der Waals surface area (Å²) in [5, 5.41) is 6.61. The van der Waals surface area contributed by atoms with Crippen molar-refractivity contribution >= 4 is 34.0 Å². The Kier molecular flexibility index (Phi) is 5.22. The number of hydrogen-bond acceptors (Lipinski definition) is 5. The summed E-state index contributed by atoms with van der Waals surface area (Å²) < 4.78 is 0. The maximum Gasteiger partial charge on any atom is 0.240 e. The second-order valence-corrected chi connectivity index (χ2v) is 8.31. The highest BCUT2D eigenvalue weighted by Gasteiger charge is 2.22. The minimum absolute atomic E-state index is 0.0115. The van der Waals surface area contributed by atoms with Crippen LogP contribution >= 0.6 is 11.3 Å². The number of fused-ring (bicyclic) bond motifs is 2. The Labute approximate surface area is 163 Å². The standard InChI is InChI=1S/C20H24N4O2S/c1-13(25)21-16-7-4-5-14-11-24(10-9-15(14)16)12-19(26)23-20-22-17-6-2-3-8-18(17)27-20/h4-5,7H,2-3,6,8-12H2,1H3,(H,21,25)(H,22,23,26). The van der Waals surface area contributed by atoms with E-state index in [9.17, 15) is 9.59 Å². The number of amides is 2. The number of nitrogens with zero attached hydrogens (tertiary/aromatic N) is 2. The van der Waals surface area contributed by atoms with Gasteiger partial charge < -0.3 is 10.6 Å². The first kappa shape index (κ1) is 18.1. The van der Waals surface area contributed by atoms with Crippen molar-refractivity contribution in [3.63, 3.8) is 0 Å². The molecule has 0 bridgehead atoms. The fourth-order valence-electron chi connectivity index (χ4n) is 3.88. The highest BCUT2D eigenvalue weighted by molar-refractivity contribution is 7.15. The minimum atomic E-state index is -0.0589. The van der Waals surface area contributed by atoms with Crippen molar-refractivity contribution in [3.8, 4) is 0 Å². The molecular formula is C20H24N4O2S. The topological polar surface area (TPSA) is 74.3 Å². The lowest BCUT2D eigenvalue weighted by Gasteiger charge is -2.29. The number of carbonyl (C=O) groups is 2. The predicted molar refractivity (Wildman–Crippen MR) is 107 cm³/mol. The average molecular weight is 385 g/mol. The Morgan fingerprint density at radius 3 is 2.85 bits per heavy atom. The number of benzene rings is 1. The molecule has 2 N–H and O–H groups in total. The van der Waals surface area contributed by atoms with Crippen LogP contribution in [0.2, 0.25) is 0 Å². The molecule has 0 spiro atoms. The Morgan fingerprint density at radius 1 is 1.19 bits per heavy atom. The lowest BCUT2D eigenvalue weighted by atomic mass is 9.97. The van der Waals surface area contributed by atoms with Crippen LogP contribution in [0, 0.1) is 0 Å². The smallest absolute Gasteiger partial charge is 0.240 e. The molecule has 1 aromatic heterocycles. The molecule has 0 radical (unpaired) electrons. The Balaban J connectivity index is 1.37. The van der Waals surface area contributed by atoms with Crippen molar-refractivity contribution in [2.45, 2.75) is 45.6 Å². The van der Waals surface area contributed by atoms with E-state index in [2.05, 4.69) is 26.6 Å². The van der Waals surface area contributed by atoms with Gasteiger partial charge in [-0.15, -0.1) is 11.3 Å². The van der Waals surface area contributed by atoms with Gasteiger partial charge >= 0.3 is 0 Å². The number of hydrogen-bond donors (Lipinski definition) is 2. The summed E-state index contributed by atoms with van der Waals surface area (Å²) in [7, 11) is 0. The van der Waals surface area contributed by atoms with Gasteiger partial charge in [0.15, 0.2) is 5.13 Å². The first-order valence-corrected chi connectivity index (χ1v) is 10.3. The monoisotopic (exact) mass is 384 g/mol. The summed E-state index contributed by atoms with van der Waals surface area (Å²) in [4.78, 5) is 31.9. The van der Waals surface area contributed by atoms with Gasteiger partial charge in [-0.2, -0.15) is 0 Å². The zero-order valence-electron chi connectivity index (χ0n) is 15.5. The normalized spacial score (nSPS) is 16.3. The molecule has 1 aromatic carbocycles. The van der Waals surface area contributed by atoms with E-state index in [1.54, 1.807) is 11.3 Å². The van der Waals surface area contributed by atoms with E-state index >= 15 is 0 Å². The van der Waals surface area contributed by atoms with Crippen LogP contribution in [-0.4, -0.2) is 34.8 Å². The molecule has 4 rings (SSSR count). The molecule has 0 unspecified atom stereocenters. The summed E-state index contributed by atoms with van der Waals surface area (Å²) in [6.45, 7) is 3.39. The third kappa shape index (κ3) is 4.20. The number of aromatic nitrogens is 1. The van der Waals surface area contributed by atoms with Crippen molar-refractivity contribution in [3.05, 3.63) is 39.9 Å². The van der Waals surface area contributed by atoms with E-state index in [0.29, 0.717) is 13.1 Å². The van der Waals surface area contributed by atoms with Crippen LogP contribution in [0.25, 0.3) is 0 Å². The number of rotatable bonds is 4. The quantitative estimate of drug-likeness (QED) is 0.850. The van der Waals surface area contributed by atoms with Crippen LogP contribution in [0.5, 0.6) is 0 Å². The van der Waals surface area contributed by atoms with Gasteiger partial charge in [0.25, 0.3) is 0 Å². The molecule has 142 valence electrons. The second kappa shape index (κ2) is 7.78.